The van der Waals surface area contributed by atoms with Gasteiger partial charge in [0.05, 0.1) is 11.7 Å². The van der Waals surface area contributed by atoms with Crippen LogP contribution in [0.2, 0.25) is 0 Å². The summed E-state index contributed by atoms with van der Waals surface area (Å²) < 4.78 is 1.69. The predicted octanol–water partition coefficient (Wildman–Crippen LogP) is 2.41. The number of hydrogen-bond acceptors (Lipinski definition) is 3. The van der Waals surface area contributed by atoms with E-state index in [-0.39, 0.29) is 11.9 Å². The lowest BCUT2D eigenvalue weighted by Gasteiger charge is -2.13. The van der Waals surface area contributed by atoms with Gasteiger partial charge in [0, 0.05) is 6.08 Å². The third kappa shape index (κ3) is 3.54. The average molecular weight is 270 g/mol. The highest BCUT2D eigenvalue weighted by atomic mass is 16.1. The quantitative estimate of drug-likeness (QED) is 0.868. The molecule has 0 bridgehead atoms. The third-order valence-corrected chi connectivity index (χ3v) is 2.85. The van der Waals surface area contributed by atoms with Crippen molar-refractivity contribution in [3.8, 4) is 5.69 Å². The highest BCUT2D eigenvalue weighted by Gasteiger charge is 2.08. The lowest BCUT2D eigenvalue weighted by atomic mass is 10.1. The summed E-state index contributed by atoms with van der Waals surface area (Å²) >= 11 is 0. The van der Waals surface area contributed by atoms with Gasteiger partial charge in [0.25, 0.3) is 0 Å². The highest BCUT2D eigenvalue weighted by molar-refractivity contribution is 5.88. The van der Waals surface area contributed by atoms with Gasteiger partial charge in [0.1, 0.15) is 12.7 Å². The van der Waals surface area contributed by atoms with E-state index < -0.39 is 0 Å². The smallest absolute Gasteiger partial charge is 0.244 e. The number of nitrogens with one attached hydrogen (secondary N) is 1. The molecule has 0 fully saturated rings. The number of nitrogens with zero attached hydrogens (tertiary/aromatic N) is 3. The van der Waals surface area contributed by atoms with Crippen LogP contribution >= 0.6 is 0 Å². The monoisotopic (exact) mass is 270 g/mol. The maximum absolute atomic E-state index is 11.7. The van der Waals surface area contributed by atoms with E-state index in [1.807, 2.05) is 45.0 Å². The van der Waals surface area contributed by atoms with Gasteiger partial charge in [0.15, 0.2) is 0 Å². The number of carbonyl (C=O) groups excluding carboxylic acids is 1. The van der Waals surface area contributed by atoms with Crippen LogP contribution in [0, 0.1) is 0 Å². The minimum Gasteiger partial charge on any atom is -0.346 e. The van der Waals surface area contributed by atoms with Crippen LogP contribution in [0.25, 0.3) is 5.69 Å². The molecular formula is C15H18N4O. The fraction of sp³-hybridized carbons (Fsp3) is 0.267. The Labute approximate surface area is 118 Å². The van der Waals surface area contributed by atoms with E-state index in [1.54, 1.807) is 17.1 Å². The van der Waals surface area contributed by atoms with Crippen molar-refractivity contribution in [1.29, 1.82) is 0 Å². The molecule has 1 N–H and O–H groups in total. The molecule has 0 radical (unpaired) electrons. The van der Waals surface area contributed by atoms with E-state index in [0.29, 0.717) is 0 Å². The molecule has 0 spiro atoms. The maximum atomic E-state index is 11.7. The van der Waals surface area contributed by atoms with Crippen molar-refractivity contribution in [2.75, 3.05) is 0 Å². The second-order valence-corrected chi connectivity index (χ2v) is 4.88. The van der Waals surface area contributed by atoms with Gasteiger partial charge in [-0.15, -0.1) is 0 Å². The van der Waals surface area contributed by atoms with Crippen LogP contribution in [0.1, 0.15) is 32.4 Å². The molecule has 5 heteroatoms. The first-order valence-electron chi connectivity index (χ1n) is 6.46. The summed E-state index contributed by atoms with van der Waals surface area (Å²) in [6.45, 7) is 5.76. The van der Waals surface area contributed by atoms with Crippen molar-refractivity contribution in [2.45, 2.75) is 26.8 Å². The highest BCUT2D eigenvalue weighted by Crippen LogP contribution is 2.15. The Morgan fingerprint density at radius 2 is 2.00 bits per heavy atom. The first-order chi connectivity index (χ1) is 9.56. The third-order valence-electron chi connectivity index (χ3n) is 2.85. The lowest BCUT2D eigenvalue weighted by Crippen LogP contribution is -2.24. The van der Waals surface area contributed by atoms with Gasteiger partial charge in [-0.3, -0.25) is 4.79 Å². The normalized spacial score (nSPS) is 11.8. The summed E-state index contributed by atoms with van der Waals surface area (Å²) in [7, 11) is 0. The zero-order valence-electron chi connectivity index (χ0n) is 11.9. The summed E-state index contributed by atoms with van der Waals surface area (Å²) in [5, 5.41) is 7.00. The molecule has 104 valence electrons. The Hall–Kier alpha value is -2.43. The van der Waals surface area contributed by atoms with E-state index in [2.05, 4.69) is 15.4 Å². The van der Waals surface area contributed by atoms with Gasteiger partial charge < -0.3 is 5.32 Å². The van der Waals surface area contributed by atoms with E-state index in [0.717, 1.165) is 16.8 Å². The first-order valence-corrected chi connectivity index (χ1v) is 6.46. The molecule has 1 atom stereocenters. The fourth-order valence-corrected chi connectivity index (χ4v) is 1.86. The SMILES string of the molecule is CC(C)=CC(=O)NC(C)c1ccc(-n2cncn2)cc1. The molecule has 1 aromatic carbocycles. The standard InChI is InChI=1S/C15H18N4O/c1-11(2)8-15(20)18-12(3)13-4-6-14(7-5-13)19-10-16-9-17-19/h4-10,12H,1-3H3,(H,18,20). The number of hydrogen-bond donors (Lipinski definition) is 1. The van der Waals surface area contributed by atoms with Crippen LogP contribution in [0.5, 0.6) is 0 Å². The van der Waals surface area contributed by atoms with Gasteiger partial charge in [-0.1, -0.05) is 17.7 Å². The van der Waals surface area contributed by atoms with E-state index >= 15 is 0 Å². The lowest BCUT2D eigenvalue weighted by molar-refractivity contribution is -0.117. The Morgan fingerprint density at radius 3 is 2.55 bits per heavy atom. The zero-order chi connectivity index (χ0) is 14.5. The Kier molecular flexibility index (Phi) is 4.30. The molecule has 0 aliphatic heterocycles. The molecule has 2 rings (SSSR count). The fourth-order valence-electron chi connectivity index (χ4n) is 1.86. The molecule has 20 heavy (non-hydrogen) atoms. The van der Waals surface area contributed by atoms with E-state index in [4.69, 9.17) is 0 Å². The predicted molar refractivity (Wildman–Crippen MR) is 77.3 cm³/mol. The maximum Gasteiger partial charge on any atom is 0.244 e. The summed E-state index contributed by atoms with van der Waals surface area (Å²) in [6, 6.07) is 7.82. The van der Waals surface area contributed by atoms with E-state index in [9.17, 15) is 4.79 Å². The number of amides is 1. The number of rotatable bonds is 4. The van der Waals surface area contributed by atoms with Gasteiger partial charge in [0.2, 0.25) is 5.91 Å². The molecule has 0 aliphatic carbocycles. The molecule has 1 aromatic heterocycles. The molecule has 2 aromatic rings. The van der Waals surface area contributed by atoms with E-state index in [1.165, 1.54) is 6.33 Å². The van der Waals surface area contributed by atoms with Crippen LogP contribution in [-0.2, 0) is 4.79 Å². The minimum absolute atomic E-state index is 0.0390. The van der Waals surface area contributed by atoms with Gasteiger partial charge in [-0.05, 0) is 38.5 Å². The summed E-state index contributed by atoms with van der Waals surface area (Å²) in [5.74, 6) is -0.0714. The molecule has 0 saturated heterocycles. The van der Waals surface area contributed by atoms with Crippen LogP contribution in [-0.4, -0.2) is 20.7 Å². The van der Waals surface area contributed by atoms with Crippen LogP contribution in [0.3, 0.4) is 0 Å². The average Bonchev–Trinajstić information content (AvgIpc) is 2.91. The van der Waals surface area contributed by atoms with Crippen molar-refractivity contribution in [3.63, 3.8) is 0 Å². The van der Waals surface area contributed by atoms with Crippen LogP contribution < -0.4 is 5.32 Å². The largest absolute Gasteiger partial charge is 0.346 e. The second-order valence-electron chi connectivity index (χ2n) is 4.88. The number of carbonyl (C=O) groups is 1. The minimum atomic E-state index is -0.0714. The summed E-state index contributed by atoms with van der Waals surface area (Å²) in [5.41, 5.74) is 2.97. The topological polar surface area (TPSA) is 59.8 Å². The van der Waals surface area contributed by atoms with Crippen molar-refractivity contribution in [2.24, 2.45) is 0 Å². The number of benzene rings is 1. The van der Waals surface area contributed by atoms with Gasteiger partial charge >= 0.3 is 0 Å². The molecular weight excluding hydrogens is 252 g/mol. The molecule has 1 unspecified atom stereocenters. The van der Waals surface area contributed by atoms with Crippen LogP contribution in [0.15, 0.2) is 48.6 Å². The summed E-state index contributed by atoms with van der Waals surface area (Å²) in [6.07, 6.45) is 4.74. The summed E-state index contributed by atoms with van der Waals surface area (Å²) in [4.78, 5) is 15.6. The van der Waals surface area contributed by atoms with Crippen LogP contribution in [0.4, 0.5) is 0 Å². The van der Waals surface area contributed by atoms with Crippen molar-refractivity contribution >= 4 is 5.91 Å². The van der Waals surface area contributed by atoms with Gasteiger partial charge in [-0.2, -0.15) is 5.10 Å². The Balaban J connectivity index is 2.06. The molecule has 1 amide bonds. The number of allylic oxidation sites excluding steroid dienone is 1. The zero-order valence-corrected chi connectivity index (χ0v) is 11.9. The second kappa shape index (κ2) is 6.14. The Morgan fingerprint density at radius 1 is 1.30 bits per heavy atom. The Bertz CT molecular complexity index is 595. The molecule has 1 heterocycles. The van der Waals surface area contributed by atoms with Gasteiger partial charge in [-0.25, -0.2) is 9.67 Å². The van der Waals surface area contributed by atoms with Crippen molar-refractivity contribution < 1.29 is 4.79 Å². The number of aromatic nitrogens is 3. The molecule has 0 saturated carbocycles. The van der Waals surface area contributed by atoms with Crippen molar-refractivity contribution in [1.82, 2.24) is 20.1 Å². The molecule has 5 nitrogen and oxygen atoms in total. The van der Waals surface area contributed by atoms with Crippen molar-refractivity contribution in [3.05, 3.63) is 54.1 Å². The molecule has 0 aliphatic rings. The first kappa shape index (κ1) is 14.0.